The number of pyridine rings is 1. The normalized spacial score (nSPS) is 19.5. The van der Waals surface area contributed by atoms with Gasteiger partial charge in [-0.1, -0.05) is 0 Å². The first-order valence-electron chi connectivity index (χ1n) is 11.0. The molecule has 0 aliphatic carbocycles. The van der Waals surface area contributed by atoms with Crippen molar-refractivity contribution >= 4 is 11.4 Å². The van der Waals surface area contributed by atoms with Gasteiger partial charge in [-0.15, -0.1) is 0 Å². The zero-order valence-corrected chi connectivity index (χ0v) is 18.1. The topological polar surface area (TPSA) is 55.4 Å². The number of hydrogen-bond acceptors (Lipinski definition) is 3. The van der Waals surface area contributed by atoms with E-state index in [4.69, 9.17) is 0 Å². The van der Waals surface area contributed by atoms with Crippen LogP contribution in [0.25, 0.3) is 16.8 Å². The van der Waals surface area contributed by atoms with E-state index in [9.17, 15) is 22.4 Å². The SMILES string of the molecule is Cn1nc2c(c1-c1cc(F)c(F)c(F)c1)CC1CCCC2N1C(=O)c1cnn2cccc(F)c12. The molecule has 0 spiro atoms. The summed E-state index contributed by atoms with van der Waals surface area (Å²) in [7, 11) is 1.66. The van der Waals surface area contributed by atoms with Gasteiger partial charge in [-0.3, -0.25) is 9.48 Å². The van der Waals surface area contributed by atoms with Crippen LogP contribution in [0.15, 0.2) is 36.7 Å². The number of aryl methyl sites for hydroxylation is 1. The van der Waals surface area contributed by atoms with Crippen molar-refractivity contribution in [2.45, 2.75) is 37.8 Å². The predicted octanol–water partition coefficient (Wildman–Crippen LogP) is 4.58. The molecule has 2 unspecified atom stereocenters. The molecule has 34 heavy (non-hydrogen) atoms. The second-order valence-electron chi connectivity index (χ2n) is 8.81. The molecule has 5 heterocycles. The lowest BCUT2D eigenvalue weighted by molar-refractivity contribution is 0.0393. The van der Waals surface area contributed by atoms with Gasteiger partial charge in [0.25, 0.3) is 5.91 Å². The van der Waals surface area contributed by atoms with E-state index in [2.05, 4.69) is 10.2 Å². The molecule has 174 valence electrons. The summed E-state index contributed by atoms with van der Waals surface area (Å²) >= 11 is 0. The van der Waals surface area contributed by atoms with Crippen molar-refractivity contribution in [2.75, 3.05) is 0 Å². The molecular weight excluding hydrogens is 450 g/mol. The Morgan fingerprint density at radius 1 is 1.09 bits per heavy atom. The first kappa shape index (κ1) is 20.9. The van der Waals surface area contributed by atoms with Crippen molar-refractivity contribution in [3.8, 4) is 11.3 Å². The standard InChI is InChI=1S/C24H19F4N5O/c1-31-22(12-8-17(26)20(28)18(27)9-12)14-10-13-4-2-6-19(21(14)30-31)33(13)24(34)15-11-29-32-7-3-5-16(25)23(15)32/h3,5,7-9,11,13,19H,2,4,6,10H2,1H3. The Balaban J connectivity index is 1.46. The van der Waals surface area contributed by atoms with Crippen molar-refractivity contribution in [2.24, 2.45) is 7.05 Å². The van der Waals surface area contributed by atoms with E-state index in [0.717, 1.165) is 30.5 Å². The smallest absolute Gasteiger partial charge is 0.258 e. The molecule has 0 radical (unpaired) electrons. The molecule has 2 atom stereocenters. The molecule has 2 bridgehead atoms. The second kappa shape index (κ2) is 7.41. The third-order valence-electron chi connectivity index (χ3n) is 6.89. The number of aromatic nitrogens is 4. The average Bonchev–Trinajstić information content (AvgIpc) is 3.38. The maximum atomic E-state index is 14.5. The van der Waals surface area contributed by atoms with Crippen LogP contribution in [0, 0.1) is 23.3 Å². The molecule has 6 rings (SSSR count). The summed E-state index contributed by atoms with van der Waals surface area (Å²) in [6, 6.07) is 4.16. The van der Waals surface area contributed by atoms with Crippen LogP contribution < -0.4 is 0 Å². The summed E-state index contributed by atoms with van der Waals surface area (Å²) in [5.41, 5.74) is 2.42. The molecule has 1 amide bonds. The van der Waals surface area contributed by atoms with Crippen LogP contribution in [0.1, 0.15) is 46.9 Å². The molecule has 0 N–H and O–H groups in total. The Hall–Kier alpha value is -3.69. The maximum absolute atomic E-state index is 14.5. The van der Waals surface area contributed by atoms with Crippen LogP contribution in [0.5, 0.6) is 0 Å². The molecule has 10 heteroatoms. The number of nitrogens with zero attached hydrogens (tertiary/aromatic N) is 5. The van der Waals surface area contributed by atoms with E-state index in [1.54, 1.807) is 18.1 Å². The quantitative estimate of drug-likeness (QED) is 0.319. The lowest BCUT2D eigenvalue weighted by Crippen LogP contribution is -2.49. The second-order valence-corrected chi connectivity index (χ2v) is 8.81. The zero-order valence-electron chi connectivity index (χ0n) is 18.1. The lowest BCUT2D eigenvalue weighted by atomic mass is 9.81. The largest absolute Gasteiger partial charge is 0.327 e. The number of carbonyl (C=O) groups excluding carboxylic acids is 1. The van der Waals surface area contributed by atoms with E-state index >= 15 is 0 Å². The number of carbonyl (C=O) groups is 1. The van der Waals surface area contributed by atoms with E-state index < -0.39 is 23.3 Å². The van der Waals surface area contributed by atoms with Crippen LogP contribution in [-0.4, -0.2) is 36.2 Å². The fourth-order valence-corrected chi connectivity index (χ4v) is 5.50. The molecule has 2 aliphatic rings. The summed E-state index contributed by atoms with van der Waals surface area (Å²) in [4.78, 5) is 15.4. The number of benzene rings is 1. The lowest BCUT2D eigenvalue weighted by Gasteiger charge is -2.45. The first-order chi connectivity index (χ1) is 16.3. The van der Waals surface area contributed by atoms with Crippen molar-refractivity contribution in [1.29, 1.82) is 0 Å². The maximum Gasteiger partial charge on any atom is 0.258 e. The Kier molecular flexibility index (Phi) is 4.55. The summed E-state index contributed by atoms with van der Waals surface area (Å²) in [5, 5.41) is 8.74. The first-order valence-corrected chi connectivity index (χ1v) is 11.0. The molecule has 1 saturated heterocycles. The van der Waals surface area contributed by atoms with Gasteiger partial charge in [-0.05, 0) is 49.9 Å². The highest BCUT2D eigenvalue weighted by molar-refractivity contribution is 6.01. The number of halogens is 4. The van der Waals surface area contributed by atoms with Gasteiger partial charge in [-0.25, -0.2) is 22.1 Å². The van der Waals surface area contributed by atoms with Crippen molar-refractivity contribution in [3.05, 3.63) is 76.7 Å². The number of amides is 1. The molecule has 2 aliphatic heterocycles. The number of rotatable bonds is 2. The molecule has 0 saturated carbocycles. The predicted molar refractivity (Wildman–Crippen MR) is 114 cm³/mol. The minimum atomic E-state index is -1.52. The monoisotopic (exact) mass is 469 g/mol. The van der Waals surface area contributed by atoms with Crippen LogP contribution in [0.4, 0.5) is 17.6 Å². The molecular formula is C24H19F4N5O. The van der Waals surface area contributed by atoms with Gasteiger partial charge in [0.05, 0.1) is 29.2 Å². The fourth-order valence-electron chi connectivity index (χ4n) is 5.50. The highest BCUT2D eigenvalue weighted by Gasteiger charge is 2.44. The summed E-state index contributed by atoms with van der Waals surface area (Å²) in [6.45, 7) is 0. The molecule has 6 nitrogen and oxygen atoms in total. The van der Waals surface area contributed by atoms with Gasteiger partial charge in [0.2, 0.25) is 0 Å². The number of piperidine rings is 1. The van der Waals surface area contributed by atoms with Gasteiger partial charge < -0.3 is 4.90 Å². The van der Waals surface area contributed by atoms with Gasteiger partial charge in [0.1, 0.15) is 11.3 Å². The summed E-state index contributed by atoms with van der Waals surface area (Å²) in [5.74, 6) is -4.92. The van der Waals surface area contributed by atoms with E-state index in [-0.39, 0.29) is 34.6 Å². The van der Waals surface area contributed by atoms with Gasteiger partial charge >= 0.3 is 0 Å². The Bertz CT molecular complexity index is 1450. The number of fused-ring (bicyclic) bond motifs is 5. The molecule has 1 fully saturated rings. The summed E-state index contributed by atoms with van der Waals surface area (Å²) in [6.07, 6.45) is 5.63. The minimum Gasteiger partial charge on any atom is -0.327 e. The summed E-state index contributed by atoms with van der Waals surface area (Å²) < 4.78 is 58.9. The van der Waals surface area contributed by atoms with E-state index in [1.165, 1.54) is 27.5 Å². The van der Waals surface area contributed by atoms with Crippen LogP contribution in [0.3, 0.4) is 0 Å². The van der Waals surface area contributed by atoms with E-state index in [1.807, 2.05) is 0 Å². The van der Waals surface area contributed by atoms with Crippen LogP contribution >= 0.6 is 0 Å². The van der Waals surface area contributed by atoms with Crippen molar-refractivity contribution in [1.82, 2.24) is 24.3 Å². The Morgan fingerprint density at radius 3 is 2.62 bits per heavy atom. The minimum absolute atomic E-state index is 0.121. The average molecular weight is 469 g/mol. The van der Waals surface area contributed by atoms with Crippen molar-refractivity contribution in [3.63, 3.8) is 0 Å². The number of hydrogen-bond donors (Lipinski definition) is 0. The van der Waals surface area contributed by atoms with Gasteiger partial charge in [-0.2, -0.15) is 10.2 Å². The van der Waals surface area contributed by atoms with E-state index in [0.29, 0.717) is 24.2 Å². The highest BCUT2D eigenvalue weighted by Crippen LogP contribution is 2.45. The fraction of sp³-hybridized carbons (Fsp3) is 0.292. The Morgan fingerprint density at radius 2 is 1.85 bits per heavy atom. The highest BCUT2D eigenvalue weighted by atomic mass is 19.2. The third-order valence-corrected chi connectivity index (χ3v) is 6.89. The molecule has 3 aromatic heterocycles. The molecule has 4 aromatic rings. The molecule has 1 aromatic carbocycles. The van der Waals surface area contributed by atoms with Crippen LogP contribution in [0.2, 0.25) is 0 Å². The Labute approximate surface area is 191 Å². The zero-order chi connectivity index (χ0) is 23.7. The van der Waals surface area contributed by atoms with Crippen molar-refractivity contribution < 1.29 is 22.4 Å². The third kappa shape index (κ3) is 2.90. The van der Waals surface area contributed by atoms with Gasteiger partial charge in [0, 0.05) is 30.4 Å². The van der Waals surface area contributed by atoms with Crippen LogP contribution in [-0.2, 0) is 13.5 Å². The van der Waals surface area contributed by atoms with Gasteiger partial charge in [0.15, 0.2) is 17.5 Å².